The summed E-state index contributed by atoms with van der Waals surface area (Å²) in [5.41, 5.74) is 6.62. The third-order valence-corrected chi connectivity index (χ3v) is 3.41. The van der Waals surface area contributed by atoms with Crippen molar-refractivity contribution in [3.05, 3.63) is 35.9 Å². The number of hydrogen-bond acceptors (Lipinski definition) is 2. The highest BCUT2D eigenvalue weighted by Crippen LogP contribution is 2.32. The minimum Gasteiger partial charge on any atom is -0.349 e. The molecule has 0 radical (unpaired) electrons. The van der Waals surface area contributed by atoms with E-state index >= 15 is 0 Å². The third kappa shape index (κ3) is 5.74. The Morgan fingerprint density at radius 3 is 2.35 bits per heavy atom. The summed E-state index contributed by atoms with van der Waals surface area (Å²) in [5, 5.41) is 3.18. The SMILES string of the molecule is CC(C)(C)C(NC(=O)CCCCCN)c1ccccc1. The highest BCUT2D eigenvalue weighted by molar-refractivity contribution is 5.76. The minimum absolute atomic E-state index is 0.00568. The lowest BCUT2D eigenvalue weighted by atomic mass is 9.82. The molecule has 112 valence electrons. The Balaban J connectivity index is 2.61. The van der Waals surface area contributed by atoms with Crippen molar-refractivity contribution in [3.63, 3.8) is 0 Å². The molecule has 0 aromatic heterocycles. The Hall–Kier alpha value is -1.35. The molecule has 20 heavy (non-hydrogen) atoms. The van der Waals surface area contributed by atoms with Gasteiger partial charge in [-0.3, -0.25) is 4.79 Å². The van der Waals surface area contributed by atoms with Gasteiger partial charge in [-0.2, -0.15) is 0 Å². The summed E-state index contributed by atoms with van der Waals surface area (Å²) in [5.74, 6) is 0.130. The Labute approximate surface area is 122 Å². The zero-order valence-electron chi connectivity index (χ0n) is 13.0. The number of nitrogens with two attached hydrogens (primary N) is 1. The van der Waals surface area contributed by atoms with Gasteiger partial charge in [0.15, 0.2) is 0 Å². The monoisotopic (exact) mass is 276 g/mol. The van der Waals surface area contributed by atoms with Crippen LogP contribution in [-0.2, 0) is 4.79 Å². The minimum atomic E-state index is -0.00568. The number of rotatable bonds is 7. The van der Waals surface area contributed by atoms with E-state index in [1.807, 2.05) is 18.2 Å². The number of nitrogens with one attached hydrogen (secondary N) is 1. The smallest absolute Gasteiger partial charge is 0.220 e. The van der Waals surface area contributed by atoms with Crippen LogP contribution < -0.4 is 11.1 Å². The van der Waals surface area contributed by atoms with Crippen molar-refractivity contribution in [3.8, 4) is 0 Å². The van der Waals surface area contributed by atoms with E-state index in [-0.39, 0.29) is 17.4 Å². The predicted octanol–water partition coefficient (Wildman–Crippen LogP) is 3.41. The van der Waals surface area contributed by atoms with E-state index in [2.05, 4.69) is 38.2 Å². The maximum absolute atomic E-state index is 12.1. The van der Waals surface area contributed by atoms with Crippen LogP contribution in [0.5, 0.6) is 0 Å². The largest absolute Gasteiger partial charge is 0.349 e. The zero-order chi connectivity index (χ0) is 15.0. The van der Waals surface area contributed by atoms with E-state index < -0.39 is 0 Å². The number of carbonyl (C=O) groups excluding carboxylic acids is 1. The summed E-state index contributed by atoms with van der Waals surface area (Å²) in [6.45, 7) is 7.16. The van der Waals surface area contributed by atoms with E-state index in [4.69, 9.17) is 5.73 Å². The highest BCUT2D eigenvalue weighted by Gasteiger charge is 2.27. The second-order valence-electron chi connectivity index (χ2n) is 6.38. The van der Waals surface area contributed by atoms with E-state index in [0.717, 1.165) is 24.8 Å². The normalized spacial score (nSPS) is 13.0. The summed E-state index contributed by atoms with van der Waals surface area (Å²) >= 11 is 0. The number of hydrogen-bond donors (Lipinski definition) is 2. The number of amides is 1. The van der Waals surface area contributed by atoms with Crippen molar-refractivity contribution in [2.24, 2.45) is 11.1 Å². The molecular formula is C17H28N2O. The lowest BCUT2D eigenvalue weighted by molar-refractivity contribution is -0.122. The van der Waals surface area contributed by atoms with E-state index in [1.165, 1.54) is 0 Å². The van der Waals surface area contributed by atoms with Gasteiger partial charge >= 0.3 is 0 Å². The summed E-state index contributed by atoms with van der Waals surface area (Å²) in [7, 11) is 0. The Morgan fingerprint density at radius 2 is 1.80 bits per heavy atom. The van der Waals surface area contributed by atoms with Crippen LogP contribution >= 0.6 is 0 Å². The lowest BCUT2D eigenvalue weighted by Crippen LogP contribution is -2.36. The molecule has 0 spiro atoms. The van der Waals surface area contributed by atoms with Gasteiger partial charge in [-0.25, -0.2) is 0 Å². The van der Waals surface area contributed by atoms with Gasteiger partial charge in [0.25, 0.3) is 0 Å². The van der Waals surface area contributed by atoms with Crippen molar-refractivity contribution in [1.29, 1.82) is 0 Å². The van der Waals surface area contributed by atoms with Gasteiger partial charge in [0.05, 0.1) is 6.04 Å². The fraction of sp³-hybridized carbons (Fsp3) is 0.588. The molecule has 0 saturated heterocycles. The molecule has 0 fully saturated rings. The van der Waals surface area contributed by atoms with Crippen LogP contribution in [0.3, 0.4) is 0 Å². The Kier molecular flexibility index (Phi) is 6.73. The molecule has 0 aliphatic rings. The second kappa shape index (κ2) is 8.05. The van der Waals surface area contributed by atoms with Crippen LogP contribution in [0.15, 0.2) is 30.3 Å². The molecule has 1 atom stereocenters. The van der Waals surface area contributed by atoms with Crippen molar-refractivity contribution >= 4 is 5.91 Å². The molecule has 3 N–H and O–H groups in total. The molecule has 0 aliphatic carbocycles. The summed E-state index contributed by atoms with van der Waals surface area (Å²) in [4.78, 5) is 12.1. The molecule has 3 nitrogen and oxygen atoms in total. The first-order valence-corrected chi connectivity index (χ1v) is 7.49. The zero-order valence-corrected chi connectivity index (χ0v) is 13.0. The van der Waals surface area contributed by atoms with Crippen molar-refractivity contribution in [1.82, 2.24) is 5.32 Å². The molecule has 0 bridgehead atoms. The lowest BCUT2D eigenvalue weighted by Gasteiger charge is -2.32. The molecule has 1 rings (SSSR count). The molecule has 3 heteroatoms. The Morgan fingerprint density at radius 1 is 1.15 bits per heavy atom. The topological polar surface area (TPSA) is 55.1 Å². The molecular weight excluding hydrogens is 248 g/mol. The standard InChI is InChI=1S/C17H28N2O/c1-17(2,3)16(14-10-6-4-7-11-14)19-15(20)12-8-5-9-13-18/h4,6-7,10-11,16H,5,8-9,12-13,18H2,1-3H3,(H,19,20). The first-order valence-electron chi connectivity index (χ1n) is 7.49. The van der Waals surface area contributed by atoms with Crippen LogP contribution in [0.2, 0.25) is 0 Å². The van der Waals surface area contributed by atoms with E-state index in [1.54, 1.807) is 0 Å². The van der Waals surface area contributed by atoms with Crippen LogP contribution in [0, 0.1) is 5.41 Å². The van der Waals surface area contributed by atoms with E-state index in [0.29, 0.717) is 13.0 Å². The van der Waals surface area contributed by atoms with Crippen LogP contribution in [-0.4, -0.2) is 12.5 Å². The van der Waals surface area contributed by atoms with Crippen molar-refractivity contribution in [2.75, 3.05) is 6.54 Å². The fourth-order valence-electron chi connectivity index (χ4n) is 2.29. The van der Waals surface area contributed by atoms with Gasteiger partial charge < -0.3 is 11.1 Å². The molecule has 0 aliphatic heterocycles. The average Bonchev–Trinajstić information content (AvgIpc) is 2.41. The molecule has 0 heterocycles. The average molecular weight is 276 g/mol. The number of unbranched alkanes of at least 4 members (excludes halogenated alkanes) is 2. The molecule has 1 aromatic rings. The van der Waals surface area contributed by atoms with Crippen molar-refractivity contribution in [2.45, 2.75) is 52.5 Å². The maximum atomic E-state index is 12.1. The summed E-state index contributed by atoms with van der Waals surface area (Å²) in [6.07, 6.45) is 3.51. The molecule has 0 saturated carbocycles. The third-order valence-electron chi connectivity index (χ3n) is 3.41. The van der Waals surface area contributed by atoms with Gasteiger partial charge in [-0.1, -0.05) is 57.5 Å². The quantitative estimate of drug-likeness (QED) is 0.750. The first kappa shape index (κ1) is 16.7. The Bertz CT molecular complexity index is 395. The van der Waals surface area contributed by atoms with Gasteiger partial charge in [0, 0.05) is 6.42 Å². The predicted molar refractivity (Wildman–Crippen MR) is 84.3 cm³/mol. The fourth-order valence-corrected chi connectivity index (χ4v) is 2.29. The van der Waals surface area contributed by atoms with Crippen molar-refractivity contribution < 1.29 is 4.79 Å². The number of carbonyl (C=O) groups is 1. The van der Waals surface area contributed by atoms with Crippen LogP contribution in [0.25, 0.3) is 0 Å². The maximum Gasteiger partial charge on any atom is 0.220 e. The second-order valence-corrected chi connectivity index (χ2v) is 6.38. The highest BCUT2D eigenvalue weighted by atomic mass is 16.1. The summed E-state index contributed by atoms with van der Waals surface area (Å²) < 4.78 is 0. The van der Waals surface area contributed by atoms with Gasteiger partial charge in [-0.05, 0) is 30.4 Å². The van der Waals surface area contributed by atoms with Gasteiger partial charge in [0.1, 0.15) is 0 Å². The first-order chi connectivity index (χ1) is 9.45. The number of benzene rings is 1. The van der Waals surface area contributed by atoms with Crippen LogP contribution in [0.4, 0.5) is 0 Å². The van der Waals surface area contributed by atoms with Crippen LogP contribution in [0.1, 0.15) is 58.1 Å². The summed E-state index contributed by atoms with van der Waals surface area (Å²) in [6, 6.07) is 10.2. The van der Waals surface area contributed by atoms with Gasteiger partial charge in [-0.15, -0.1) is 0 Å². The molecule has 1 aromatic carbocycles. The van der Waals surface area contributed by atoms with E-state index in [9.17, 15) is 4.79 Å². The molecule has 1 amide bonds. The van der Waals surface area contributed by atoms with Gasteiger partial charge in [0.2, 0.25) is 5.91 Å². The molecule has 1 unspecified atom stereocenters.